The topological polar surface area (TPSA) is 69.6 Å². The highest BCUT2D eigenvalue weighted by molar-refractivity contribution is 8.18. The molecule has 1 saturated heterocycles. The predicted molar refractivity (Wildman–Crippen MR) is 109 cm³/mol. The van der Waals surface area contributed by atoms with Crippen molar-refractivity contribution in [1.82, 2.24) is 4.90 Å². The third-order valence-electron chi connectivity index (χ3n) is 3.94. The number of thioether (sulfide) groups is 1. The zero-order chi connectivity index (χ0) is 19.6. The lowest BCUT2D eigenvalue weighted by atomic mass is 10.1. The molecule has 2 aromatic rings. The molecule has 0 N–H and O–H groups in total. The highest BCUT2D eigenvalue weighted by Gasteiger charge is 2.35. The number of nitrogens with zero attached hydrogens (tertiary/aromatic N) is 3. The van der Waals surface area contributed by atoms with Gasteiger partial charge in [-0.15, -0.1) is 0 Å². The number of rotatable bonds is 4. The van der Waals surface area contributed by atoms with Crippen molar-refractivity contribution in [3.63, 3.8) is 0 Å². The zero-order valence-corrected chi connectivity index (χ0v) is 16.6. The first-order valence-electron chi connectivity index (χ1n) is 8.81. The van der Waals surface area contributed by atoms with Crippen molar-refractivity contribution in [2.45, 2.75) is 39.8 Å². The molecule has 0 aliphatic carbocycles. The number of carbonyl (C=O) groups is 1. The summed E-state index contributed by atoms with van der Waals surface area (Å²) in [6.45, 7) is 7.93. The van der Waals surface area contributed by atoms with Gasteiger partial charge in [-0.2, -0.15) is 5.26 Å². The molecule has 0 unspecified atom stereocenters. The molecule has 0 saturated carbocycles. The minimum Gasteiger partial charge on any atom is -0.457 e. The molecule has 0 bridgehead atoms. The number of amidine groups is 1. The molecule has 138 valence electrons. The van der Waals surface area contributed by atoms with Crippen LogP contribution < -0.4 is 0 Å². The largest absolute Gasteiger partial charge is 0.457 e. The van der Waals surface area contributed by atoms with Gasteiger partial charge < -0.3 is 4.42 Å². The number of amides is 1. The zero-order valence-electron chi connectivity index (χ0n) is 15.8. The second-order valence-corrected chi connectivity index (χ2v) is 7.75. The van der Waals surface area contributed by atoms with Gasteiger partial charge in [-0.05, 0) is 63.7 Å². The summed E-state index contributed by atoms with van der Waals surface area (Å²) in [5.74, 6) is 1.11. The van der Waals surface area contributed by atoms with Gasteiger partial charge in [-0.25, -0.2) is 0 Å². The molecule has 1 amide bonds. The van der Waals surface area contributed by atoms with Gasteiger partial charge in [0.15, 0.2) is 5.17 Å². The Labute approximate surface area is 163 Å². The minimum absolute atomic E-state index is 0.0306. The minimum atomic E-state index is -0.0650. The van der Waals surface area contributed by atoms with Gasteiger partial charge in [0, 0.05) is 23.7 Å². The maximum Gasteiger partial charge on any atom is 0.267 e. The fourth-order valence-electron chi connectivity index (χ4n) is 2.75. The summed E-state index contributed by atoms with van der Waals surface area (Å²) in [5, 5.41) is 9.98. The Bertz CT molecular complexity index is 964. The molecule has 0 spiro atoms. The van der Waals surface area contributed by atoms with Gasteiger partial charge in [0.25, 0.3) is 5.91 Å². The number of aliphatic imine (C=N–C) groups is 1. The fraction of sp³-hybridized carbons (Fsp3) is 0.286. The van der Waals surface area contributed by atoms with E-state index in [0.29, 0.717) is 22.0 Å². The average Bonchev–Trinajstić information content (AvgIpc) is 3.19. The van der Waals surface area contributed by atoms with Crippen LogP contribution in [0.5, 0.6) is 0 Å². The maximum absolute atomic E-state index is 12.8. The Morgan fingerprint density at radius 3 is 2.59 bits per heavy atom. The van der Waals surface area contributed by atoms with Gasteiger partial charge >= 0.3 is 0 Å². The SMILES string of the molecule is CC(C)N=C1S/C(=C/c2ccc(-c3ccccc3C#N)o2)C(=O)N1C(C)C. The Morgan fingerprint density at radius 1 is 1.19 bits per heavy atom. The highest BCUT2D eigenvalue weighted by atomic mass is 32.2. The van der Waals surface area contributed by atoms with Crippen LogP contribution in [0.4, 0.5) is 0 Å². The third-order valence-corrected chi connectivity index (χ3v) is 4.93. The summed E-state index contributed by atoms with van der Waals surface area (Å²) in [7, 11) is 0. The van der Waals surface area contributed by atoms with Crippen LogP contribution in [0.15, 0.2) is 50.7 Å². The molecule has 1 aromatic carbocycles. The number of hydrogen-bond donors (Lipinski definition) is 0. The smallest absolute Gasteiger partial charge is 0.267 e. The number of benzene rings is 1. The first-order chi connectivity index (χ1) is 12.9. The van der Waals surface area contributed by atoms with Gasteiger partial charge in [0.1, 0.15) is 11.5 Å². The van der Waals surface area contributed by atoms with E-state index in [0.717, 1.165) is 10.7 Å². The summed E-state index contributed by atoms with van der Waals surface area (Å²) in [4.78, 5) is 19.7. The van der Waals surface area contributed by atoms with Gasteiger partial charge in [-0.1, -0.05) is 12.1 Å². The molecule has 1 aliphatic rings. The van der Waals surface area contributed by atoms with E-state index < -0.39 is 0 Å². The molecule has 27 heavy (non-hydrogen) atoms. The van der Waals surface area contributed by atoms with Crippen LogP contribution >= 0.6 is 11.8 Å². The van der Waals surface area contributed by atoms with Crippen LogP contribution in [-0.2, 0) is 4.79 Å². The quantitative estimate of drug-likeness (QED) is 0.708. The van der Waals surface area contributed by atoms with E-state index in [2.05, 4.69) is 11.1 Å². The van der Waals surface area contributed by atoms with Crippen LogP contribution in [0.2, 0.25) is 0 Å². The Kier molecular flexibility index (Phi) is 5.52. The number of furan rings is 1. The van der Waals surface area contributed by atoms with Crippen LogP contribution in [-0.4, -0.2) is 28.1 Å². The van der Waals surface area contributed by atoms with E-state index >= 15 is 0 Å². The molecule has 1 aromatic heterocycles. The van der Waals surface area contributed by atoms with E-state index in [-0.39, 0.29) is 18.0 Å². The van der Waals surface area contributed by atoms with Crippen LogP contribution in [0.1, 0.15) is 39.0 Å². The monoisotopic (exact) mass is 379 g/mol. The number of carbonyl (C=O) groups excluding carboxylic acids is 1. The Morgan fingerprint density at radius 2 is 1.93 bits per heavy atom. The van der Waals surface area contributed by atoms with Crippen molar-refractivity contribution < 1.29 is 9.21 Å². The van der Waals surface area contributed by atoms with E-state index in [1.54, 1.807) is 17.0 Å². The van der Waals surface area contributed by atoms with E-state index in [1.165, 1.54) is 11.8 Å². The number of hydrogen-bond acceptors (Lipinski definition) is 5. The maximum atomic E-state index is 12.8. The van der Waals surface area contributed by atoms with Gasteiger partial charge in [-0.3, -0.25) is 14.7 Å². The predicted octanol–water partition coefficient (Wildman–Crippen LogP) is 4.91. The molecular formula is C21H21N3O2S. The molecular weight excluding hydrogens is 358 g/mol. The summed E-state index contributed by atoms with van der Waals surface area (Å²) < 4.78 is 5.88. The normalized spacial score (nSPS) is 17.5. The lowest BCUT2D eigenvalue weighted by Gasteiger charge is -2.20. The van der Waals surface area contributed by atoms with E-state index in [9.17, 15) is 10.1 Å². The summed E-state index contributed by atoms with van der Waals surface area (Å²) in [6, 6.07) is 13.2. The first kappa shape index (κ1) is 19.0. The second-order valence-electron chi connectivity index (χ2n) is 6.74. The van der Waals surface area contributed by atoms with Gasteiger partial charge in [0.05, 0.1) is 16.5 Å². The third kappa shape index (κ3) is 3.99. The second kappa shape index (κ2) is 7.85. The summed E-state index contributed by atoms with van der Waals surface area (Å²) in [6.07, 6.45) is 1.74. The van der Waals surface area contributed by atoms with E-state index in [1.807, 2.05) is 58.0 Å². The molecule has 6 heteroatoms. The average molecular weight is 379 g/mol. The number of nitriles is 1. The Hall–Kier alpha value is -2.78. The molecule has 1 aliphatic heterocycles. The molecule has 1 fully saturated rings. The molecule has 3 rings (SSSR count). The highest BCUT2D eigenvalue weighted by Crippen LogP contribution is 2.35. The first-order valence-corrected chi connectivity index (χ1v) is 9.62. The fourth-order valence-corrected chi connectivity index (χ4v) is 3.97. The molecule has 0 atom stereocenters. The molecule has 2 heterocycles. The lowest BCUT2D eigenvalue weighted by molar-refractivity contribution is -0.123. The van der Waals surface area contributed by atoms with Crippen LogP contribution in [0, 0.1) is 11.3 Å². The van der Waals surface area contributed by atoms with Crippen molar-refractivity contribution >= 4 is 28.9 Å². The summed E-state index contributed by atoms with van der Waals surface area (Å²) >= 11 is 1.37. The van der Waals surface area contributed by atoms with Crippen molar-refractivity contribution in [3.8, 4) is 17.4 Å². The molecule has 5 nitrogen and oxygen atoms in total. The summed E-state index contributed by atoms with van der Waals surface area (Å²) in [5.41, 5.74) is 1.29. The Balaban J connectivity index is 1.93. The van der Waals surface area contributed by atoms with Crippen molar-refractivity contribution in [3.05, 3.63) is 52.6 Å². The van der Waals surface area contributed by atoms with Crippen molar-refractivity contribution in [1.29, 1.82) is 5.26 Å². The van der Waals surface area contributed by atoms with Crippen molar-refractivity contribution in [2.75, 3.05) is 0 Å². The van der Waals surface area contributed by atoms with Gasteiger partial charge in [0.2, 0.25) is 0 Å². The standard InChI is InChI=1S/C21H21N3O2S/c1-13(2)23-21-24(14(3)4)20(25)19(27-21)11-16-9-10-18(26-16)17-8-6-5-7-15(17)12-22/h5-11,13-14H,1-4H3/b19-11+,23-21?. The van der Waals surface area contributed by atoms with Crippen LogP contribution in [0.3, 0.4) is 0 Å². The van der Waals surface area contributed by atoms with Crippen molar-refractivity contribution in [2.24, 2.45) is 4.99 Å². The lowest BCUT2D eigenvalue weighted by Crippen LogP contribution is -2.35. The van der Waals surface area contributed by atoms with E-state index in [4.69, 9.17) is 4.42 Å². The molecule has 0 radical (unpaired) electrons. The van der Waals surface area contributed by atoms with Crippen LogP contribution in [0.25, 0.3) is 17.4 Å².